The zero-order valence-corrected chi connectivity index (χ0v) is 13.4. The molecule has 3 rings (SSSR count). The number of hydrogen-bond donors (Lipinski definition) is 2. The van der Waals surface area contributed by atoms with Crippen LogP contribution in [0.25, 0.3) is 10.9 Å². The smallest absolute Gasteiger partial charge is 0.242 e. The maximum absolute atomic E-state index is 12.2. The first kappa shape index (κ1) is 15.0. The predicted octanol–water partition coefficient (Wildman–Crippen LogP) is 3.00. The van der Waals surface area contributed by atoms with Crippen LogP contribution in [-0.4, -0.2) is 18.4 Å². The Kier molecular flexibility index (Phi) is 3.90. The van der Waals surface area contributed by atoms with E-state index in [1.54, 1.807) is 0 Å². The van der Waals surface area contributed by atoms with Crippen molar-refractivity contribution in [3.05, 3.63) is 59.0 Å². The van der Waals surface area contributed by atoms with Crippen LogP contribution in [0.4, 0.5) is 0 Å². The summed E-state index contributed by atoms with van der Waals surface area (Å²) in [6.07, 6.45) is 1.24. The first-order chi connectivity index (χ1) is 10.4. The summed E-state index contributed by atoms with van der Waals surface area (Å²) >= 11 is 5.66. The van der Waals surface area contributed by atoms with Crippen molar-refractivity contribution in [3.63, 3.8) is 0 Å². The van der Waals surface area contributed by atoms with Gasteiger partial charge in [0.1, 0.15) is 10.0 Å². The summed E-state index contributed by atoms with van der Waals surface area (Å²) in [5.41, 5.74) is 2.99. The van der Waals surface area contributed by atoms with Crippen LogP contribution in [0.2, 0.25) is 5.15 Å². The minimum absolute atomic E-state index is 0.0930. The third-order valence-corrected chi connectivity index (χ3v) is 4.91. The lowest BCUT2D eigenvalue weighted by molar-refractivity contribution is 0.581. The van der Waals surface area contributed by atoms with Crippen molar-refractivity contribution in [1.29, 1.82) is 0 Å². The molecule has 7 heteroatoms. The van der Waals surface area contributed by atoms with Gasteiger partial charge in [-0.05, 0) is 48.2 Å². The largest absolute Gasteiger partial charge is 0.359 e. The Morgan fingerprint density at radius 1 is 1.23 bits per heavy atom. The van der Waals surface area contributed by atoms with Crippen molar-refractivity contribution >= 4 is 32.5 Å². The number of H-pyrrole nitrogens is 1. The standard InChI is InChI=1S/C15H14ClN3O2S/c1-10-6-12-7-11(2-4-14(12)19-10)8-18-22(20,21)13-3-5-15(16)17-9-13/h2-7,9,18-19H,8H2,1H3. The summed E-state index contributed by atoms with van der Waals surface area (Å²) in [6.45, 7) is 2.20. The van der Waals surface area contributed by atoms with E-state index in [-0.39, 0.29) is 16.6 Å². The Hall–Kier alpha value is -1.89. The van der Waals surface area contributed by atoms with Gasteiger partial charge >= 0.3 is 0 Å². The highest BCUT2D eigenvalue weighted by Gasteiger charge is 2.14. The number of aromatic amines is 1. The Labute approximate surface area is 133 Å². The lowest BCUT2D eigenvalue weighted by Crippen LogP contribution is -2.23. The normalized spacial score (nSPS) is 11.9. The minimum atomic E-state index is -3.60. The van der Waals surface area contributed by atoms with Crippen LogP contribution in [0.5, 0.6) is 0 Å². The first-order valence-electron chi connectivity index (χ1n) is 6.63. The summed E-state index contributed by atoms with van der Waals surface area (Å²) in [5.74, 6) is 0. The van der Waals surface area contributed by atoms with Gasteiger partial charge in [0.15, 0.2) is 0 Å². The average molecular weight is 336 g/mol. The van der Waals surface area contributed by atoms with E-state index in [2.05, 4.69) is 14.7 Å². The van der Waals surface area contributed by atoms with Crippen LogP contribution < -0.4 is 4.72 Å². The van der Waals surface area contributed by atoms with Crippen molar-refractivity contribution in [2.24, 2.45) is 0 Å². The van der Waals surface area contributed by atoms with Gasteiger partial charge in [0, 0.05) is 24.0 Å². The van der Waals surface area contributed by atoms with Crippen molar-refractivity contribution in [2.45, 2.75) is 18.4 Å². The average Bonchev–Trinajstić information content (AvgIpc) is 2.85. The van der Waals surface area contributed by atoms with Crippen molar-refractivity contribution < 1.29 is 8.42 Å². The number of rotatable bonds is 4. The van der Waals surface area contributed by atoms with Crippen molar-refractivity contribution in [1.82, 2.24) is 14.7 Å². The molecule has 2 aromatic heterocycles. The number of halogens is 1. The quantitative estimate of drug-likeness (QED) is 0.720. The monoisotopic (exact) mass is 335 g/mol. The Morgan fingerprint density at radius 2 is 2.05 bits per heavy atom. The number of hydrogen-bond acceptors (Lipinski definition) is 3. The molecule has 1 aromatic carbocycles. The van der Waals surface area contributed by atoms with Crippen LogP contribution in [0.1, 0.15) is 11.3 Å². The van der Waals surface area contributed by atoms with Gasteiger partial charge in [0.05, 0.1) is 0 Å². The number of fused-ring (bicyclic) bond motifs is 1. The van der Waals surface area contributed by atoms with E-state index in [1.807, 2.05) is 31.2 Å². The second-order valence-electron chi connectivity index (χ2n) is 5.02. The molecule has 2 heterocycles. The molecule has 2 N–H and O–H groups in total. The van der Waals surface area contributed by atoms with Gasteiger partial charge in [0.25, 0.3) is 0 Å². The Morgan fingerprint density at radius 3 is 2.77 bits per heavy atom. The molecule has 0 fully saturated rings. The minimum Gasteiger partial charge on any atom is -0.359 e. The summed E-state index contributed by atoms with van der Waals surface area (Å²) in [4.78, 5) is 7.11. The van der Waals surface area contributed by atoms with Gasteiger partial charge < -0.3 is 4.98 Å². The van der Waals surface area contributed by atoms with E-state index >= 15 is 0 Å². The van der Waals surface area contributed by atoms with Crippen molar-refractivity contribution in [2.75, 3.05) is 0 Å². The SMILES string of the molecule is Cc1cc2cc(CNS(=O)(=O)c3ccc(Cl)nc3)ccc2[nH]1. The number of nitrogens with zero attached hydrogens (tertiary/aromatic N) is 1. The lowest BCUT2D eigenvalue weighted by Gasteiger charge is -2.07. The molecule has 5 nitrogen and oxygen atoms in total. The van der Waals surface area contributed by atoms with E-state index in [9.17, 15) is 8.42 Å². The van der Waals surface area contributed by atoms with Crippen LogP contribution in [0.3, 0.4) is 0 Å². The van der Waals surface area contributed by atoms with E-state index in [0.717, 1.165) is 22.2 Å². The zero-order valence-electron chi connectivity index (χ0n) is 11.8. The molecule has 0 saturated heterocycles. The molecule has 114 valence electrons. The van der Waals surface area contributed by atoms with Crippen LogP contribution in [-0.2, 0) is 16.6 Å². The fraction of sp³-hybridized carbons (Fsp3) is 0.133. The molecule has 3 aromatic rings. The molecule has 0 radical (unpaired) electrons. The third-order valence-electron chi connectivity index (χ3n) is 3.30. The van der Waals surface area contributed by atoms with Gasteiger partial charge in [-0.2, -0.15) is 0 Å². The molecule has 22 heavy (non-hydrogen) atoms. The number of sulfonamides is 1. The summed E-state index contributed by atoms with van der Waals surface area (Å²) in [5, 5.41) is 1.31. The van der Waals surface area contributed by atoms with E-state index in [4.69, 9.17) is 11.6 Å². The maximum atomic E-state index is 12.2. The van der Waals surface area contributed by atoms with E-state index < -0.39 is 10.0 Å². The lowest BCUT2D eigenvalue weighted by atomic mass is 10.1. The number of aromatic nitrogens is 2. The summed E-state index contributed by atoms with van der Waals surface area (Å²) in [7, 11) is -3.60. The zero-order chi connectivity index (χ0) is 15.7. The molecule has 0 unspecified atom stereocenters. The predicted molar refractivity (Wildman–Crippen MR) is 86.3 cm³/mol. The highest BCUT2D eigenvalue weighted by atomic mass is 35.5. The third kappa shape index (κ3) is 3.14. The highest BCUT2D eigenvalue weighted by molar-refractivity contribution is 7.89. The fourth-order valence-electron chi connectivity index (χ4n) is 2.22. The van der Waals surface area contributed by atoms with Gasteiger partial charge in [-0.25, -0.2) is 18.1 Å². The first-order valence-corrected chi connectivity index (χ1v) is 8.50. The van der Waals surface area contributed by atoms with Crippen LogP contribution >= 0.6 is 11.6 Å². The van der Waals surface area contributed by atoms with Gasteiger partial charge in [-0.3, -0.25) is 0 Å². The summed E-state index contributed by atoms with van der Waals surface area (Å²) in [6, 6.07) is 10.7. The molecule has 0 saturated carbocycles. The van der Waals surface area contributed by atoms with E-state index in [0.29, 0.717) is 0 Å². The van der Waals surface area contributed by atoms with Crippen molar-refractivity contribution in [3.8, 4) is 0 Å². The Bertz CT molecular complexity index is 918. The maximum Gasteiger partial charge on any atom is 0.242 e. The van der Waals surface area contributed by atoms with Crippen LogP contribution in [0.15, 0.2) is 47.5 Å². The molecule has 0 aliphatic rings. The van der Waals surface area contributed by atoms with Gasteiger partial charge in [0.2, 0.25) is 10.0 Å². The molecule has 0 atom stereocenters. The second kappa shape index (κ2) is 5.72. The van der Waals surface area contributed by atoms with Gasteiger partial charge in [-0.15, -0.1) is 0 Å². The number of pyridine rings is 1. The molecule has 0 aliphatic carbocycles. The molecule has 0 aliphatic heterocycles. The molecule has 0 spiro atoms. The highest BCUT2D eigenvalue weighted by Crippen LogP contribution is 2.17. The second-order valence-corrected chi connectivity index (χ2v) is 7.17. The van der Waals surface area contributed by atoms with Gasteiger partial charge in [-0.1, -0.05) is 17.7 Å². The topological polar surface area (TPSA) is 74.8 Å². The fourth-order valence-corrected chi connectivity index (χ4v) is 3.29. The Balaban J connectivity index is 1.78. The van der Waals surface area contributed by atoms with E-state index in [1.165, 1.54) is 18.3 Å². The van der Waals surface area contributed by atoms with Crippen LogP contribution in [0, 0.1) is 6.92 Å². The number of nitrogens with one attached hydrogen (secondary N) is 2. The molecule has 0 amide bonds. The molecule has 0 bridgehead atoms. The molecular formula is C15H14ClN3O2S. The number of aryl methyl sites for hydroxylation is 1. The number of benzene rings is 1. The molecular weight excluding hydrogens is 322 g/mol. The summed E-state index contributed by atoms with van der Waals surface area (Å²) < 4.78 is 26.9.